The Morgan fingerprint density at radius 1 is 0.769 bits per heavy atom. The molecule has 26 heavy (non-hydrogen) atoms. The summed E-state index contributed by atoms with van der Waals surface area (Å²) in [5, 5.41) is 8.91. The van der Waals surface area contributed by atoms with Crippen LogP contribution in [0.15, 0.2) is 72.8 Å². The molecule has 0 saturated carbocycles. The molecular weight excluding hydrogens is 326 g/mol. The number of rotatable bonds is 7. The molecule has 0 radical (unpaired) electrons. The molecule has 0 aliphatic rings. The zero-order chi connectivity index (χ0) is 18.2. The van der Waals surface area contributed by atoms with Crippen LogP contribution in [0.2, 0.25) is 0 Å². The third kappa shape index (κ3) is 4.34. The summed E-state index contributed by atoms with van der Waals surface area (Å²) in [6.45, 7) is 0.788. The molecule has 0 aromatic heterocycles. The van der Waals surface area contributed by atoms with E-state index in [0.29, 0.717) is 30.3 Å². The third-order valence-electron chi connectivity index (χ3n) is 3.86. The molecule has 0 aliphatic heterocycles. The van der Waals surface area contributed by atoms with Gasteiger partial charge in [0.05, 0.1) is 18.7 Å². The van der Waals surface area contributed by atoms with Gasteiger partial charge >= 0.3 is 0 Å². The van der Waals surface area contributed by atoms with Crippen molar-refractivity contribution in [2.24, 2.45) is 0 Å². The molecule has 130 valence electrons. The van der Waals surface area contributed by atoms with Gasteiger partial charge in [-0.15, -0.1) is 0 Å². The van der Waals surface area contributed by atoms with Crippen molar-refractivity contribution in [3.05, 3.63) is 78.4 Å². The van der Waals surface area contributed by atoms with Crippen molar-refractivity contribution in [2.75, 3.05) is 20.3 Å². The van der Waals surface area contributed by atoms with Gasteiger partial charge < -0.3 is 14.2 Å². The van der Waals surface area contributed by atoms with E-state index in [0.717, 1.165) is 11.3 Å². The number of nitrogens with zero attached hydrogens (tertiary/aromatic N) is 1. The average Bonchev–Trinajstić information content (AvgIpc) is 2.72. The Hall–Kier alpha value is -3.45. The van der Waals surface area contributed by atoms with Crippen LogP contribution in [-0.4, -0.2) is 20.3 Å². The van der Waals surface area contributed by atoms with Crippen LogP contribution in [0.5, 0.6) is 17.2 Å². The molecule has 4 heteroatoms. The van der Waals surface area contributed by atoms with Crippen molar-refractivity contribution in [3.63, 3.8) is 0 Å². The highest BCUT2D eigenvalue weighted by molar-refractivity contribution is 5.63. The standard InChI is InChI=1S/C22H19NO3/c1-24-22-15-17(16-23)7-12-21(22)26-14-13-25-20-10-8-19(9-11-20)18-5-3-2-4-6-18/h2-12,15H,13-14H2,1H3. The lowest BCUT2D eigenvalue weighted by atomic mass is 10.1. The number of methoxy groups -OCH3 is 1. The van der Waals surface area contributed by atoms with Crippen LogP contribution in [0.4, 0.5) is 0 Å². The molecular formula is C22H19NO3. The first-order valence-corrected chi connectivity index (χ1v) is 8.29. The zero-order valence-electron chi connectivity index (χ0n) is 14.5. The van der Waals surface area contributed by atoms with Gasteiger partial charge in [-0.25, -0.2) is 0 Å². The lowest BCUT2D eigenvalue weighted by Crippen LogP contribution is -2.09. The largest absolute Gasteiger partial charge is 0.493 e. The van der Waals surface area contributed by atoms with E-state index < -0.39 is 0 Å². The molecule has 0 atom stereocenters. The van der Waals surface area contributed by atoms with Crippen LogP contribution in [0.1, 0.15) is 5.56 Å². The quantitative estimate of drug-likeness (QED) is 0.583. The predicted molar refractivity (Wildman–Crippen MR) is 101 cm³/mol. The fraction of sp³-hybridized carbons (Fsp3) is 0.136. The van der Waals surface area contributed by atoms with Gasteiger partial charge in [-0.1, -0.05) is 42.5 Å². The summed E-state index contributed by atoms with van der Waals surface area (Å²) < 4.78 is 16.6. The maximum atomic E-state index is 8.91. The van der Waals surface area contributed by atoms with E-state index in [1.54, 1.807) is 25.3 Å². The van der Waals surface area contributed by atoms with Gasteiger partial charge in [0.15, 0.2) is 11.5 Å². The summed E-state index contributed by atoms with van der Waals surface area (Å²) in [4.78, 5) is 0. The Balaban J connectivity index is 1.52. The fourth-order valence-corrected chi connectivity index (χ4v) is 2.54. The minimum Gasteiger partial charge on any atom is -0.493 e. The maximum Gasteiger partial charge on any atom is 0.162 e. The molecule has 0 unspecified atom stereocenters. The second-order valence-electron chi connectivity index (χ2n) is 5.56. The Labute approximate surface area is 153 Å². The van der Waals surface area contributed by atoms with Gasteiger partial charge in [0.1, 0.15) is 19.0 Å². The molecule has 3 aromatic rings. The van der Waals surface area contributed by atoms with Crippen molar-refractivity contribution in [2.45, 2.75) is 0 Å². The average molecular weight is 345 g/mol. The Kier molecular flexibility index (Phi) is 5.74. The van der Waals surface area contributed by atoms with E-state index in [2.05, 4.69) is 18.2 Å². The summed E-state index contributed by atoms with van der Waals surface area (Å²) in [5.41, 5.74) is 2.86. The van der Waals surface area contributed by atoms with Crippen molar-refractivity contribution in [1.29, 1.82) is 5.26 Å². The number of hydrogen-bond acceptors (Lipinski definition) is 4. The molecule has 0 N–H and O–H groups in total. The Bertz CT molecular complexity index is 884. The van der Waals surface area contributed by atoms with Crippen molar-refractivity contribution < 1.29 is 14.2 Å². The van der Waals surface area contributed by atoms with Crippen molar-refractivity contribution in [3.8, 4) is 34.4 Å². The molecule has 0 spiro atoms. The Morgan fingerprint density at radius 2 is 1.46 bits per heavy atom. The van der Waals surface area contributed by atoms with Crippen LogP contribution in [0.3, 0.4) is 0 Å². The molecule has 0 heterocycles. The molecule has 0 aliphatic carbocycles. The second kappa shape index (κ2) is 8.59. The van der Waals surface area contributed by atoms with Crippen LogP contribution in [-0.2, 0) is 0 Å². The van der Waals surface area contributed by atoms with Gasteiger partial charge in [-0.05, 0) is 35.4 Å². The number of ether oxygens (including phenoxy) is 3. The predicted octanol–water partition coefficient (Wildman–Crippen LogP) is 4.69. The summed E-state index contributed by atoms with van der Waals surface area (Å²) in [6, 6.07) is 25.3. The number of nitriles is 1. The van der Waals surface area contributed by atoms with E-state index in [-0.39, 0.29) is 0 Å². The Morgan fingerprint density at radius 3 is 2.15 bits per heavy atom. The van der Waals surface area contributed by atoms with E-state index >= 15 is 0 Å². The van der Waals surface area contributed by atoms with Crippen LogP contribution >= 0.6 is 0 Å². The maximum absolute atomic E-state index is 8.91. The molecule has 0 fully saturated rings. The van der Waals surface area contributed by atoms with Crippen LogP contribution in [0.25, 0.3) is 11.1 Å². The van der Waals surface area contributed by atoms with Gasteiger partial charge in [0, 0.05) is 6.07 Å². The van der Waals surface area contributed by atoms with Gasteiger partial charge in [0.25, 0.3) is 0 Å². The third-order valence-corrected chi connectivity index (χ3v) is 3.86. The number of hydrogen-bond donors (Lipinski definition) is 0. The monoisotopic (exact) mass is 345 g/mol. The topological polar surface area (TPSA) is 51.5 Å². The lowest BCUT2D eigenvalue weighted by Gasteiger charge is -2.12. The molecule has 0 saturated heterocycles. The summed E-state index contributed by atoms with van der Waals surface area (Å²) >= 11 is 0. The first-order valence-electron chi connectivity index (χ1n) is 8.29. The second-order valence-corrected chi connectivity index (χ2v) is 5.56. The smallest absolute Gasteiger partial charge is 0.162 e. The SMILES string of the molecule is COc1cc(C#N)ccc1OCCOc1ccc(-c2ccccc2)cc1. The van der Waals surface area contributed by atoms with Gasteiger partial charge in [0.2, 0.25) is 0 Å². The van der Waals surface area contributed by atoms with E-state index in [1.807, 2.05) is 42.5 Å². The summed E-state index contributed by atoms with van der Waals surface area (Å²) in [6.07, 6.45) is 0. The molecule has 3 rings (SSSR count). The molecule has 4 nitrogen and oxygen atoms in total. The molecule has 0 bridgehead atoms. The lowest BCUT2D eigenvalue weighted by molar-refractivity contribution is 0.211. The highest BCUT2D eigenvalue weighted by atomic mass is 16.5. The van der Waals surface area contributed by atoms with Crippen molar-refractivity contribution >= 4 is 0 Å². The minimum absolute atomic E-state index is 0.378. The zero-order valence-corrected chi connectivity index (χ0v) is 14.5. The summed E-state index contributed by atoms with van der Waals surface area (Å²) in [7, 11) is 1.55. The van der Waals surface area contributed by atoms with Crippen LogP contribution < -0.4 is 14.2 Å². The van der Waals surface area contributed by atoms with Crippen molar-refractivity contribution in [1.82, 2.24) is 0 Å². The first-order chi connectivity index (χ1) is 12.8. The molecule has 3 aromatic carbocycles. The van der Waals surface area contributed by atoms with Crippen LogP contribution in [0, 0.1) is 11.3 Å². The highest BCUT2D eigenvalue weighted by Gasteiger charge is 2.06. The minimum atomic E-state index is 0.378. The van der Waals surface area contributed by atoms with Gasteiger partial charge in [-0.3, -0.25) is 0 Å². The van der Waals surface area contributed by atoms with E-state index in [4.69, 9.17) is 19.5 Å². The first kappa shape index (κ1) is 17.4. The highest BCUT2D eigenvalue weighted by Crippen LogP contribution is 2.28. The van der Waals surface area contributed by atoms with Gasteiger partial charge in [-0.2, -0.15) is 5.26 Å². The van der Waals surface area contributed by atoms with E-state index in [9.17, 15) is 0 Å². The van der Waals surface area contributed by atoms with E-state index in [1.165, 1.54) is 5.56 Å². The fourth-order valence-electron chi connectivity index (χ4n) is 2.54. The number of benzene rings is 3. The normalized spacial score (nSPS) is 10.0. The molecule has 0 amide bonds. The summed E-state index contributed by atoms with van der Waals surface area (Å²) in [5.74, 6) is 1.92.